The van der Waals surface area contributed by atoms with Gasteiger partial charge in [-0.25, -0.2) is 4.98 Å². The molecule has 1 aromatic heterocycles. The van der Waals surface area contributed by atoms with Crippen LogP contribution < -0.4 is 10.6 Å². The standard InChI is InChI=1S/C17H20BrN3O/c1-2-3-4-9-19-16-11-13(8-10-20-16)17(22)21-15-7-5-6-14(18)12-15/h5-8,10-12H,2-4,9H2,1H3,(H,19,20)(H,21,22). The van der Waals surface area contributed by atoms with E-state index in [1.165, 1.54) is 12.8 Å². The Kier molecular flexibility index (Phi) is 6.40. The summed E-state index contributed by atoms with van der Waals surface area (Å²) < 4.78 is 0.929. The first kappa shape index (κ1) is 16.5. The summed E-state index contributed by atoms with van der Waals surface area (Å²) in [6, 6.07) is 11.0. The first-order chi connectivity index (χ1) is 10.7. The van der Waals surface area contributed by atoms with E-state index in [0.29, 0.717) is 5.56 Å². The molecule has 1 heterocycles. The van der Waals surface area contributed by atoms with Crippen molar-refractivity contribution in [3.8, 4) is 0 Å². The smallest absolute Gasteiger partial charge is 0.255 e. The van der Waals surface area contributed by atoms with Crippen LogP contribution in [0.1, 0.15) is 36.5 Å². The molecule has 1 amide bonds. The van der Waals surface area contributed by atoms with Crippen LogP contribution in [0.5, 0.6) is 0 Å². The average molecular weight is 362 g/mol. The molecular formula is C17H20BrN3O. The number of pyridine rings is 1. The van der Waals surface area contributed by atoms with E-state index in [-0.39, 0.29) is 5.91 Å². The third-order valence-corrected chi connectivity index (χ3v) is 3.68. The number of rotatable bonds is 7. The maximum Gasteiger partial charge on any atom is 0.255 e. The van der Waals surface area contributed by atoms with E-state index in [1.807, 2.05) is 24.3 Å². The number of benzene rings is 1. The van der Waals surface area contributed by atoms with Gasteiger partial charge in [-0.15, -0.1) is 0 Å². The Morgan fingerprint density at radius 1 is 1.23 bits per heavy atom. The molecule has 2 aromatic rings. The van der Waals surface area contributed by atoms with Gasteiger partial charge in [0.1, 0.15) is 5.82 Å². The molecular weight excluding hydrogens is 342 g/mol. The van der Waals surface area contributed by atoms with E-state index in [9.17, 15) is 4.79 Å². The monoisotopic (exact) mass is 361 g/mol. The van der Waals surface area contributed by atoms with E-state index in [4.69, 9.17) is 0 Å². The number of amides is 1. The summed E-state index contributed by atoms with van der Waals surface area (Å²) in [5.74, 6) is 0.593. The first-order valence-corrected chi connectivity index (χ1v) is 8.25. The minimum Gasteiger partial charge on any atom is -0.370 e. The van der Waals surface area contributed by atoms with Crippen LogP contribution in [0.25, 0.3) is 0 Å². The lowest BCUT2D eigenvalue weighted by Crippen LogP contribution is -2.13. The summed E-state index contributed by atoms with van der Waals surface area (Å²) in [6.07, 6.45) is 5.13. The fourth-order valence-electron chi connectivity index (χ4n) is 2.03. The maximum atomic E-state index is 12.3. The molecule has 0 saturated heterocycles. The Morgan fingerprint density at radius 3 is 2.86 bits per heavy atom. The molecule has 116 valence electrons. The molecule has 0 saturated carbocycles. The molecule has 2 rings (SSSR count). The van der Waals surface area contributed by atoms with Crippen LogP contribution in [0, 0.1) is 0 Å². The van der Waals surface area contributed by atoms with Gasteiger partial charge in [0.05, 0.1) is 0 Å². The summed E-state index contributed by atoms with van der Waals surface area (Å²) >= 11 is 3.39. The molecule has 0 fully saturated rings. The number of halogens is 1. The van der Waals surface area contributed by atoms with Crippen LogP contribution in [-0.2, 0) is 0 Å². The Bertz CT molecular complexity index is 631. The number of hydrogen-bond donors (Lipinski definition) is 2. The lowest BCUT2D eigenvalue weighted by Gasteiger charge is -2.08. The second-order valence-electron chi connectivity index (χ2n) is 5.03. The zero-order valence-electron chi connectivity index (χ0n) is 12.6. The number of nitrogens with zero attached hydrogens (tertiary/aromatic N) is 1. The van der Waals surface area contributed by atoms with Crippen molar-refractivity contribution in [2.45, 2.75) is 26.2 Å². The lowest BCUT2D eigenvalue weighted by molar-refractivity contribution is 0.102. The van der Waals surface area contributed by atoms with Gasteiger partial charge in [-0.3, -0.25) is 4.79 Å². The second-order valence-corrected chi connectivity index (χ2v) is 5.94. The summed E-state index contributed by atoms with van der Waals surface area (Å²) in [4.78, 5) is 16.5. The van der Waals surface area contributed by atoms with Crippen LogP contribution in [0.2, 0.25) is 0 Å². The van der Waals surface area contributed by atoms with Crippen LogP contribution in [-0.4, -0.2) is 17.4 Å². The number of hydrogen-bond acceptors (Lipinski definition) is 3. The van der Waals surface area contributed by atoms with Crippen LogP contribution in [0.15, 0.2) is 47.1 Å². The van der Waals surface area contributed by atoms with E-state index in [2.05, 4.69) is 38.5 Å². The molecule has 2 N–H and O–H groups in total. The highest BCUT2D eigenvalue weighted by atomic mass is 79.9. The van der Waals surface area contributed by atoms with Gasteiger partial charge < -0.3 is 10.6 Å². The Morgan fingerprint density at radius 2 is 2.09 bits per heavy atom. The topological polar surface area (TPSA) is 54.0 Å². The summed E-state index contributed by atoms with van der Waals surface area (Å²) in [7, 11) is 0. The van der Waals surface area contributed by atoms with Crippen molar-refractivity contribution in [3.05, 3.63) is 52.6 Å². The van der Waals surface area contributed by atoms with Gasteiger partial charge >= 0.3 is 0 Å². The molecule has 0 atom stereocenters. The zero-order valence-corrected chi connectivity index (χ0v) is 14.2. The quantitative estimate of drug-likeness (QED) is 0.702. The molecule has 4 nitrogen and oxygen atoms in total. The molecule has 0 radical (unpaired) electrons. The fourth-order valence-corrected chi connectivity index (χ4v) is 2.43. The normalized spacial score (nSPS) is 10.3. The van der Waals surface area contributed by atoms with Crippen molar-refractivity contribution in [2.24, 2.45) is 0 Å². The fraction of sp³-hybridized carbons (Fsp3) is 0.294. The van der Waals surface area contributed by atoms with Crippen molar-refractivity contribution in [3.63, 3.8) is 0 Å². The zero-order chi connectivity index (χ0) is 15.8. The molecule has 1 aromatic carbocycles. The Labute approximate surface area is 139 Å². The molecule has 0 spiro atoms. The van der Waals surface area contributed by atoms with Crippen molar-refractivity contribution >= 4 is 33.3 Å². The third-order valence-electron chi connectivity index (χ3n) is 3.19. The van der Waals surface area contributed by atoms with Gasteiger partial charge in [-0.2, -0.15) is 0 Å². The van der Waals surface area contributed by atoms with Crippen molar-refractivity contribution in [2.75, 3.05) is 17.2 Å². The predicted molar refractivity (Wildman–Crippen MR) is 94.3 cm³/mol. The van der Waals surface area contributed by atoms with Gasteiger partial charge in [0, 0.05) is 28.5 Å². The molecule has 0 bridgehead atoms. The van der Waals surface area contributed by atoms with Crippen molar-refractivity contribution in [1.29, 1.82) is 0 Å². The van der Waals surface area contributed by atoms with E-state index in [1.54, 1.807) is 18.3 Å². The highest BCUT2D eigenvalue weighted by Gasteiger charge is 2.07. The largest absolute Gasteiger partial charge is 0.370 e. The number of unbranched alkanes of at least 4 members (excludes halogenated alkanes) is 2. The van der Waals surface area contributed by atoms with Crippen molar-refractivity contribution < 1.29 is 4.79 Å². The van der Waals surface area contributed by atoms with E-state index >= 15 is 0 Å². The predicted octanol–water partition coefficient (Wildman–Crippen LogP) is 4.70. The number of carbonyl (C=O) groups is 1. The number of carbonyl (C=O) groups excluding carboxylic acids is 1. The molecule has 0 unspecified atom stereocenters. The molecule has 5 heteroatoms. The van der Waals surface area contributed by atoms with Crippen molar-refractivity contribution in [1.82, 2.24) is 4.98 Å². The highest BCUT2D eigenvalue weighted by molar-refractivity contribution is 9.10. The Balaban J connectivity index is 1.97. The van der Waals surface area contributed by atoms with Gasteiger partial charge in [0.15, 0.2) is 0 Å². The van der Waals surface area contributed by atoms with Gasteiger partial charge in [-0.1, -0.05) is 41.8 Å². The maximum absolute atomic E-state index is 12.3. The van der Waals surface area contributed by atoms with E-state index < -0.39 is 0 Å². The molecule has 22 heavy (non-hydrogen) atoms. The average Bonchev–Trinajstić information content (AvgIpc) is 2.52. The van der Waals surface area contributed by atoms with Crippen LogP contribution >= 0.6 is 15.9 Å². The molecule has 0 aliphatic heterocycles. The number of anilines is 2. The summed E-state index contributed by atoms with van der Waals surface area (Å²) in [5.41, 5.74) is 1.35. The minimum absolute atomic E-state index is 0.142. The van der Waals surface area contributed by atoms with Gasteiger partial charge in [0.2, 0.25) is 0 Å². The molecule has 0 aliphatic rings. The third kappa shape index (κ3) is 5.15. The minimum atomic E-state index is -0.142. The summed E-state index contributed by atoms with van der Waals surface area (Å²) in [6.45, 7) is 3.04. The number of aromatic nitrogens is 1. The Hall–Kier alpha value is -1.88. The SMILES string of the molecule is CCCCCNc1cc(C(=O)Nc2cccc(Br)c2)ccn1. The van der Waals surface area contributed by atoms with E-state index in [0.717, 1.165) is 28.9 Å². The number of nitrogens with one attached hydrogen (secondary N) is 2. The second kappa shape index (κ2) is 8.54. The van der Waals surface area contributed by atoms with Crippen LogP contribution in [0.4, 0.5) is 11.5 Å². The van der Waals surface area contributed by atoms with Gasteiger partial charge in [0.25, 0.3) is 5.91 Å². The van der Waals surface area contributed by atoms with Crippen LogP contribution in [0.3, 0.4) is 0 Å². The lowest BCUT2D eigenvalue weighted by atomic mass is 10.2. The first-order valence-electron chi connectivity index (χ1n) is 7.46. The summed E-state index contributed by atoms with van der Waals surface area (Å²) in [5, 5.41) is 6.13. The molecule has 0 aliphatic carbocycles. The highest BCUT2D eigenvalue weighted by Crippen LogP contribution is 2.17. The van der Waals surface area contributed by atoms with Gasteiger partial charge in [-0.05, 0) is 36.8 Å².